The first-order valence-electron chi connectivity index (χ1n) is 7.54. The van der Waals surface area contributed by atoms with E-state index in [1.165, 1.54) is 12.3 Å². The zero-order valence-corrected chi connectivity index (χ0v) is 15.1. The smallest absolute Gasteiger partial charge is 0.422 e. The number of rotatable bonds is 7. The molecule has 1 atom stereocenters. The van der Waals surface area contributed by atoms with Crippen LogP contribution in [0.4, 0.5) is 13.2 Å². The molecule has 0 saturated carbocycles. The fourth-order valence-corrected chi connectivity index (χ4v) is 2.38. The summed E-state index contributed by atoms with van der Waals surface area (Å²) in [6.07, 6.45) is -0.653. The molecule has 144 valence electrons. The Hall–Kier alpha value is -1.25. The van der Waals surface area contributed by atoms with Gasteiger partial charge in [-0.15, -0.1) is 24.8 Å². The molecule has 1 aliphatic rings. The number of hydrogen-bond acceptors (Lipinski definition) is 4. The van der Waals surface area contributed by atoms with E-state index in [1.54, 1.807) is 6.07 Å². The third-order valence-electron chi connectivity index (χ3n) is 3.61. The number of nitrogens with one attached hydrogen (secondary N) is 2. The van der Waals surface area contributed by atoms with E-state index >= 15 is 0 Å². The van der Waals surface area contributed by atoms with Crippen molar-refractivity contribution >= 4 is 30.7 Å². The fraction of sp³-hybridized carbons (Fsp3) is 0.600. The van der Waals surface area contributed by atoms with Gasteiger partial charge in [-0.2, -0.15) is 13.2 Å². The van der Waals surface area contributed by atoms with E-state index < -0.39 is 12.8 Å². The summed E-state index contributed by atoms with van der Waals surface area (Å²) in [7, 11) is 0. The predicted molar refractivity (Wildman–Crippen MR) is 92.3 cm³/mol. The highest BCUT2D eigenvalue weighted by molar-refractivity contribution is 5.85. The first-order chi connectivity index (χ1) is 10.9. The largest absolute Gasteiger partial charge is 0.468 e. The van der Waals surface area contributed by atoms with E-state index in [-0.39, 0.29) is 43.1 Å². The number of amides is 1. The van der Waals surface area contributed by atoms with Crippen molar-refractivity contribution in [2.24, 2.45) is 5.92 Å². The molecule has 1 aliphatic heterocycles. The third kappa shape index (κ3) is 9.72. The van der Waals surface area contributed by atoms with Crippen molar-refractivity contribution in [1.82, 2.24) is 15.6 Å². The molecule has 1 aromatic rings. The van der Waals surface area contributed by atoms with Crippen molar-refractivity contribution < 1.29 is 22.7 Å². The molecule has 0 spiro atoms. The van der Waals surface area contributed by atoms with Gasteiger partial charge in [-0.05, 0) is 43.5 Å². The van der Waals surface area contributed by atoms with Gasteiger partial charge in [-0.25, -0.2) is 4.98 Å². The van der Waals surface area contributed by atoms with Crippen LogP contribution < -0.4 is 15.4 Å². The number of carbonyl (C=O) groups is 1. The normalized spacial score (nSPS) is 16.5. The number of pyridine rings is 1. The van der Waals surface area contributed by atoms with Gasteiger partial charge in [0.25, 0.3) is 0 Å². The van der Waals surface area contributed by atoms with E-state index in [1.807, 2.05) is 0 Å². The predicted octanol–water partition coefficient (Wildman–Crippen LogP) is 2.87. The highest BCUT2D eigenvalue weighted by atomic mass is 35.5. The minimum absolute atomic E-state index is 0. The third-order valence-corrected chi connectivity index (χ3v) is 3.61. The molecule has 1 amide bonds. The quantitative estimate of drug-likeness (QED) is 0.734. The molecule has 2 rings (SSSR count). The summed E-state index contributed by atoms with van der Waals surface area (Å²) in [6.45, 7) is 0.819. The Morgan fingerprint density at radius 1 is 1.40 bits per heavy atom. The zero-order valence-electron chi connectivity index (χ0n) is 13.5. The number of halogens is 5. The molecule has 10 heteroatoms. The van der Waals surface area contributed by atoms with Crippen LogP contribution in [0.2, 0.25) is 0 Å². The van der Waals surface area contributed by atoms with Gasteiger partial charge in [0, 0.05) is 25.2 Å². The Bertz CT molecular complexity index is 527. The lowest BCUT2D eigenvalue weighted by Gasteiger charge is -2.10. The van der Waals surface area contributed by atoms with Gasteiger partial charge in [-0.1, -0.05) is 0 Å². The van der Waals surface area contributed by atoms with Gasteiger partial charge in [0.05, 0.1) is 0 Å². The van der Waals surface area contributed by atoms with Crippen molar-refractivity contribution in [2.45, 2.75) is 32.0 Å². The SMILES string of the molecule is Cl.Cl.O=C(CCC1CCNC1)NCc1ccnc(OCC(F)(F)F)c1. The first-order valence-corrected chi connectivity index (χ1v) is 7.54. The van der Waals surface area contributed by atoms with Crippen molar-refractivity contribution in [3.63, 3.8) is 0 Å². The summed E-state index contributed by atoms with van der Waals surface area (Å²) in [5, 5.41) is 6.01. The van der Waals surface area contributed by atoms with Crippen LogP contribution in [0.25, 0.3) is 0 Å². The van der Waals surface area contributed by atoms with Crippen molar-refractivity contribution in [1.29, 1.82) is 0 Å². The highest BCUT2D eigenvalue weighted by Crippen LogP contribution is 2.18. The van der Waals surface area contributed by atoms with Gasteiger partial charge < -0.3 is 15.4 Å². The maximum absolute atomic E-state index is 12.1. The van der Waals surface area contributed by atoms with Gasteiger partial charge in [0.15, 0.2) is 6.61 Å². The van der Waals surface area contributed by atoms with Gasteiger partial charge in [0.1, 0.15) is 0 Å². The summed E-state index contributed by atoms with van der Waals surface area (Å²) >= 11 is 0. The average Bonchev–Trinajstić information content (AvgIpc) is 3.02. The molecule has 0 radical (unpaired) electrons. The summed E-state index contributed by atoms with van der Waals surface area (Å²) in [6, 6.07) is 3.02. The lowest BCUT2D eigenvalue weighted by Crippen LogP contribution is -2.23. The second-order valence-corrected chi connectivity index (χ2v) is 5.58. The monoisotopic (exact) mass is 403 g/mol. The van der Waals surface area contributed by atoms with Crippen LogP contribution in [-0.4, -0.2) is 36.8 Å². The molecule has 25 heavy (non-hydrogen) atoms. The van der Waals surface area contributed by atoms with Crippen LogP contribution >= 0.6 is 24.8 Å². The lowest BCUT2D eigenvalue weighted by atomic mass is 10.0. The molecule has 0 bridgehead atoms. The summed E-state index contributed by atoms with van der Waals surface area (Å²) in [4.78, 5) is 15.5. The Labute approximate surface area is 156 Å². The van der Waals surface area contributed by atoms with Gasteiger partial charge in [0.2, 0.25) is 11.8 Å². The van der Waals surface area contributed by atoms with Gasteiger partial charge >= 0.3 is 6.18 Å². The molecule has 0 aromatic carbocycles. The number of carbonyl (C=O) groups excluding carboxylic acids is 1. The Morgan fingerprint density at radius 2 is 2.16 bits per heavy atom. The molecular formula is C15H22Cl2F3N3O2. The van der Waals surface area contributed by atoms with E-state index in [2.05, 4.69) is 20.4 Å². The van der Waals surface area contributed by atoms with Crippen LogP contribution in [0.1, 0.15) is 24.8 Å². The molecular weight excluding hydrogens is 382 g/mol. The van der Waals surface area contributed by atoms with Crippen LogP contribution in [0, 0.1) is 5.92 Å². The Morgan fingerprint density at radius 3 is 2.80 bits per heavy atom. The van der Waals surface area contributed by atoms with E-state index in [4.69, 9.17) is 0 Å². The Balaban J connectivity index is 0.00000288. The molecule has 2 N–H and O–H groups in total. The van der Waals surface area contributed by atoms with Gasteiger partial charge in [-0.3, -0.25) is 4.79 Å². The van der Waals surface area contributed by atoms with Crippen molar-refractivity contribution in [2.75, 3.05) is 19.7 Å². The molecule has 1 aromatic heterocycles. The highest BCUT2D eigenvalue weighted by Gasteiger charge is 2.28. The summed E-state index contributed by atoms with van der Waals surface area (Å²) < 4.78 is 40.9. The number of alkyl halides is 3. The van der Waals surface area contributed by atoms with Crippen molar-refractivity contribution in [3.8, 4) is 5.88 Å². The number of hydrogen-bond donors (Lipinski definition) is 2. The zero-order chi connectivity index (χ0) is 16.7. The number of aromatic nitrogens is 1. The second-order valence-electron chi connectivity index (χ2n) is 5.58. The van der Waals surface area contributed by atoms with Crippen LogP contribution in [0.3, 0.4) is 0 Å². The maximum atomic E-state index is 12.1. The molecule has 5 nitrogen and oxygen atoms in total. The molecule has 2 heterocycles. The van der Waals surface area contributed by atoms with Crippen LogP contribution in [0.5, 0.6) is 5.88 Å². The minimum atomic E-state index is -4.40. The average molecular weight is 404 g/mol. The number of nitrogens with zero attached hydrogens (tertiary/aromatic N) is 1. The standard InChI is InChI=1S/C15H20F3N3O2.2ClH/c16-15(17,18)10-23-14-7-12(4-6-20-14)9-21-13(22)2-1-11-3-5-19-8-11;;/h4,6-7,11,19H,1-3,5,8-10H2,(H,21,22);2*1H. The fourth-order valence-electron chi connectivity index (χ4n) is 2.38. The van der Waals surface area contributed by atoms with Crippen LogP contribution in [-0.2, 0) is 11.3 Å². The van der Waals surface area contributed by atoms with E-state index in [9.17, 15) is 18.0 Å². The molecule has 1 fully saturated rings. The topological polar surface area (TPSA) is 63.2 Å². The molecule has 1 saturated heterocycles. The van der Waals surface area contributed by atoms with E-state index in [0.29, 0.717) is 17.9 Å². The lowest BCUT2D eigenvalue weighted by molar-refractivity contribution is -0.154. The maximum Gasteiger partial charge on any atom is 0.422 e. The molecule has 0 aliphatic carbocycles. The summed E-state index contributed by atoms with van der Waals surface area (Å²) in [5.41, 5.74) is 0.646. The van der Waals surface area contributed by atoms with Crippen molar-refractivity contribution in [3.05, 3.63) is 23.9 Å². The minimum Gasteiger partial charge on any atom is -0.468 e. The molecule has 1 unspecified atom stereocenters. The van der Waals surface area contributed by atoms with Crippen LogP contribution in [0.15, 0.2) is 18.3 Å². The van der Waals surface area contributed by atoms with E-state index in [0.717, 1.165) is 25.9 Å². The second kappa shape index (κ2) is 11.4. The summed E-state index contributed by atoms with van der Waals surface area (Å²) in [5.74, 6) is 0.377. The first kappa shape index (κ1) is 23.8. The Kier molecular flexibility index (Phi) is 10.8. The number of ether oxygens (including phenoxy) is 1.